The van der Waals surface area contributed by atoms with Gasteiger partial charge in [-0.3, -0.25) is 0 Å². The molecule has 4 nitrogen and oxygen atoms in total. The summed E-state index contributed by atoms with van der Waals surface area (Å²) in [5, 5.41) is 10.6. The maximum Gasteiger partial charge on any atom is 0.243 e. The average Bonchev–Trinajstić information content (AvgIpc) is 2.99. The normalized spacial score (nSPS) is 16.6. The van der Waals surface area contributed by atoms with Crippen molar-refractivity contribution in [1.29, 1.82) is 0 Å². The van der Waals surface area contributed by atoms with Crippen molar-refractivity contribution in [3.05, 3.63) is 16.3 Å². The van der Waals surface area contributed by atoms with E-state index in [1.165, 1.54) is 15.6 Å². The summed E-state index contributed by atoms with van der Waals surface area (Å²) >= 11 is 1.28. The van der Waals surface area contributed by atoms with Gasteiger partial charge in [0.2, 0.25) is 10.0 Å². The van der Waals surface area contributed by atoms with Crippen LogP contribution in [0.3, 0.4) is 0 Å². The summed E-state index contributed by atoms with van der Waals surface area (Å²) in [6, 6.07) is 1.57. The Morgan fingerprint density at radius 1 is 1.53 bits per heavy atom. The van der Waals surface area contributed by atoms with Crippen LogP contribution in [0.4, 0.5) is 0 Å². The van der Waals surface area contributed by atoms with E-state index in [1.807, 2.05) is 6.92 Å². The van der Waals surface area contributed by atoms with E-state index >= 15 is 0 Å². The first-order valence-electron chi connectivity index (χ1n) is 5.76. The summed E-state index contributed by atoms with van der Waals surface area (Å²) in [7, 11) is -3.36. The minimum absolute atomic E-state index is 0.102. The molecule has 0 bridgehead atoms. The first-order chi connectivity index (χ1) is 8.07. The third kappa shape index (κ3) is 2.88. The molecule has 0 spiro atoms. The average molecular weight is 275 g/mol. The van der Waals surface area contributed by atoms with Gasteiger partial charge in [-0.15, -0.1) is 11.3 Å². The molecule has 0 amide bonds. The van der Waals surface area contributed by atoms with Gasteiger partial charge in [0, 0.05) is 23.3 Å². The van der Waals surface area contributed by atoms with Gasteiger partial charge in [0.1, 0.15) is 0 Å². The quantitative estimate of drug-likeness (QED) is 0.859. The molecule has 1 saturated carbocycles. The highest BCUT2D eigenvalue weighted by atomic mass is 32.2. The van der Waals surface area contributed by atoms with Crippen LogP contribution in [0, 0.1) is 5.92 Å². The summed E-state index contributed by atoms with van der Waals surface area (Å²) in [5.41, 5.74) is 0. The van der Waals surface area contributed by atoms with Gasteiger partial charge in [-0.2, -0.15) is 4.31 Å². The summed E-state index contributed by atoms with van der Waals surface area (Å²) < 4.78 is 26.1. The first-order valence-corrected chi connectivity index (χ1v) is 8.08. The fourth-order valence-electron chi connectivity index (χ4n) is 1.71. The van der Waals surface area contributed by atoms with Crippen LogP contribution in [0.25, 0.3) is 0 Å². The van der Waals surface area contributed by atoms with Gasteiger partial charge in [0.25, 0.3) is 0 Å². The Morgan fingerprint density at radius 3 is 2.71 bits per heavy atom. The summed E-state index contributed by atoms with van der Waals surface area (Å²) in [6.07, 6.45) is 2.27. The Balaban J connectivity index is 2.19. The Morgan fingerprint density at radius 2 is 2.24 bits per heavy atom. The van der Waals surface area contributed by atoms with E-state index < -0.39 is 10.0 Å². The molecule has 0 radical (unpaired) electrons. The predicted molar refractivity (Wildman–Crippen MR) is 67.4 cm³/mol. The van der Waals surface area contributed by atoms with Gasteiger partial charge >= 0.3 is 0 Å². The van der Waals surface area contributed by atoms with E-state index in [1.54, 1.807) is 11.4 Å². The van der Waals surface area contributed by atoms with E-state index in [0.717, 1.165) is 12.8 Å². The third-order valence-electron chi connectivity index (χ3n) is 2.93. The largest absolute Gasteiger partial charge is 0.391 e. The second-order valence-electron chi connectivity index (χ2n) is 4.31. The lowest BCUT2D eigenvalue weighted by atomic mass is 10.4. The van der Waals surface area contributed by atoms with Crippen molar-refractivity contribution in [3.8, 4) is 0 Å². The number of rotatable bonds is 6. The van der Waals surface area contributed by atoms with Crippen LogP contribution >= 0.6 is 11.3 Å². The van der Waals surface area contributed by atoms with Crippen LogP contribution in [-0.4, -0.2) is 30.9 Å². The molecular weight excluding hydrogens is 258 g/mol. The SMILES string of the molecule is CCN(CC1CC1)S(=O)(=O)c1csc(CO)c1. The van der Waals surface area contributed by atoms with Gasteiger partial charge in [-0.1, -0.05) is 6.92 Å². The molecule has 1 N–H and O–H groups in total. The maximum absolute atomic E-state index is 12.3. The molecule has 0 unspecified atom stereocenters. The molecule has 1 fully saturated rings. The van der Waals surface area contributed by atoms with Crippen LogP contribution in [0.15, 0.2) is 16.3 Å². The Hall–Kier alpha value is -0.430. The van der Waals surface area contributed by atoms with E-state index in [-0.39, 0.29) is 6.61 Å². The number of thiophene rings is 1. The van der Waals surface area contributed by atoms with Crippen molar-refractivity contribution in [1.82, 2.24) is 4.31 Å². The summed E-state index contributed by atoms with van der Waals surface area (Å²) in [4.78, 5) is 1.00. The highest BCUT2D eigenvalue weighted by Gasteiger charge is 2.31. The smallest absolute Gasteiger partial charge is 0.243 e. The molecule has 6 heteroatoms. The number of hydrogen-bond donors (Lipinski definition) is 1. The Labute approximate surface area is 106 Å². The van der Waals surface area contributed by atoms with E-state index in [9.17, 15) is 8.42 Å². The molecule has 1 aromatic heterocycles. The molecule has 96 valence electrons. The van der Waals surface area contributed by atoms with Crippen molar-refractivity contribution in [2.45, 2.75) is 31.3 Å². The zero-order valence-electron chi connectivity index (χ0n) is 9.80. The first kappa shape index (κ1) is 13.0. The van der Waals surface area contributed by atoms with Crippen LogP contribution in [0.1, 0.15) is 24.6 Å². The van der Waals surface area contributed by atoms with E-state index in [0.29, 0.717) is 28.8 Å². The van der Waals surface area contributed by atoms with Crippen molar-refractivity contribution < 1.29 is 13.5 Å². The minimum Gasteiger partial charge on any atom is -0.391 e. The lowest BCUT2D eigenvalue weighted by molar-refractivity contribution is 0.285. The molecule has 1 aliphatic carbocycles. The number of aliphatic hydroxyl groups excluding tert-OH is 1. The zero-order chi connectivity index (χ0) is 12.5. The maximum atomic E-state index is 12.3. The molecule has 17 heavy (non-hydrogen) atoms. The molecule has 2 rings (SSSR count). The Bertz CT molecular complexity index is 477. The third-order valence-corrected chi connectivity index (χ3v) is 5.92. The second-order valence-corrected chi connectivity index (χ2v) is 7.24. The second kappa shape index (κ2) is 5.06. The van der Waals surface area contributed by atoms with Crippen LogP contribution in [0.2, 0.25) is 0 Å². The predicted octanol–water partition coefficient (Wildman–Crippen LogP) is 1.66. The Kier molecular flexibility index (Phi) is 3.87. The summed E-state index contributed by atoms with van der Waals surface area (Å²) in [5.74, 6) is 0.542. The van der Waals surface area contributed by atoms with Crippen molar-refractivity contribution in [2.24, 2.45) is 5.92 Å². The molecule has 1 heterocycles. The van der Waals surface area contributed by atoms with Gasteiger partial charge in [-0.05, 0) is 24.8 Å². The standard InChI is InChI=1S/C11H17NO3S2/c1-2-12(6-9-3-4-9)17(14,15)11-5-10(7-13)16-8-11/h5,8-9,13H,2-4,6-7H2,1H3. The monoisotopic (exact) mass is 275 g/mol. The fourth-order valence-corrected chi connectivity index (χ4v) is 4.36. The number of nitrogens with zero attached hydrogens (tertiary/aromatic N) is 1. The molecule has 0 atom stereocenters. The van der Waals surface area contributed by atoms with Gasteiger partial charge in [-0.25, -0.2) is 8.42 Å². The van der Waals surface area contributed by atoms with Gasteiger partial charge in [0.05, 0.1) is 11.5 Å². The topological polar surface area (TPSA) is 57.6 Å². The van der Waals surface area contributed by atoms with Crippen molar-refractivity contribution >= 4 is 21.4 Å². The fraction of sp³-hybridized carbons (Fsp3) is 0.636. The molecule has 0 saturated heterocycles. The number of aliphatic hydroxyl groups is 1. The van der Waals surface area contributed by atoms with Crippen molar-refractivity contribution in [3.63, 3.8) is 0 Å². The van der Waals surface area contributed by atoms with Crippen LogP contribution in [-0.2, 0) is 16.6 Å². The molecule has 1 aromatic rings. The zero-order valence-corrected chi connectivity index (χ0v) is 11.4. The van der Waals surface area contributed by atoms with E-state index in [4.69, 9.17) is 5.11 Å². The lowest BCUT2D eigenvalue weighted by Crippen LogP contribution is -2.32. The molecular formula is C11H17NO3S2. The van der Waals surface area contributed by atoms with Gasteiger partial charge < -0.3 is 5.11 Å². The molecule has 0 aliphatic heterocycles. The van der Waals surface area contributed by atoms with Crippen LogP contribution < -0.4 is 0 Å². The lowest BCUT2D eigenvalue weighted by Gasteiger charge is -2.19. The van der Waals surface area contributed by atoms with E-state index in [2.05, 4.69) is 0 Å². The molecule has 0 aromatic carbocycles. The van der Waals surface area contributed by atoms with Crippen LogP contribution in [0.5, 0.6) is 0 Å². The molecule has 1 aliphatic rings. The minimum atomic E-state index is -3.36. The number of sulfonamides is 1. The highest BCUT2D eigenvalue weighted by Crippen LogP contribution is 2.32. The van der Waals surface area contributed by atoms with Gasteiger partial charge in [0.15, 0.2) is 0 Å². The number of hydrogen-bond acceptors (Lipinski definition) is 4. The highest BCUT2D eigenvalue weighted by molar-refractivity contribution is 7.89. The van der Waals surface area contributed by atoms with Crippen molar-refractivity contribution in [2.75, 3.05) is 13.1 Å². The summed E-state index contributed by atoms with van der Waals surface area (Å²) in [6.45, 7) is 2.89.